The van der Waals surface area contributed by atoms with E-state index in [1.165, 1.54) is 17.8 Å². The highest BCUT2D eigenvalue weighted by Crippen LogP contribution is 2.35. The Kier molecular flexibility index (Phi) is 6.13. The van der Waals surface area contributed by atoms with E-state index in [1.54, 1.807) is 18.2 Å². The highest BCUT2D eigenvalue weighted by atomic mass is 32.2. The summed E-state index contributed by atoms with van der Waals surface area (Å²) in [5.41, 5.74) is 4.04. The summed E-state index contributed by atoms with van der Waals surface area (Å²) in [6.45, 7) is 3.98. The van der Waals surface area contributed by atoms with E-state index in [0.717, 1.165) is 22.4 Å². The molecule has 0 radical (unpaired) electrons. The van der Waals surface area contributed by atoms with Crippen LogP contribution in [0.25, 0.3) is 11.4 Å². The molecule has 1 atom stereocenters. The van der Waals surface area contributed by atoms with Gasteiger partial charge in [0.2, 0.25) is 11.1 Å². The number of aromatic amines is 1. The molecule has 7 heteroatoms. The number of aromatic nitrogens is 3. The van der Waals surface area contributed by atoms with Crippen LogP contribution in [0.5, 0.6) is 0 Å². The minimum absolute atomic E-state index is 0.182. The molecule has 1 heterocycles. The number of H-pyrrole nitrogens is 1. The van der Waals surface area contributed by atoms with Crippen LogP contribution in [0.15, 0.2) is 78.0 Å². The van der Waals surface area contributed by atoms with Crippen molar-refractivity contribution in [2.24, 2.45) is 0 Å². The molecule has 156 valence electrons. The van der Waals surface area contributed by atoms with E-state index >= 15 is 0 Å². The van der Waals surface area contributed by atoms with Crippen molar-refractivity contribution in [2.45, 2.75) is 24.3 Å². The Bertz CT molecular complexity index is 1190. The third-order valence-corrected chi connectivity index (χ3v) is 5.76. The van der Waals surface area contributed by atoms with Crippen molar-refractivity contribution >= 4 is 23.4 Å². The molecule has 3 aromatic carbocycles. The van der Waals surface area contributed by atoms with Gasteiger partial charge in [0.25, 0.3) is 0 Å². The lowest BCUT2D eigenvalue weighted by Crippen LogP contribution is -2.19. The van der Waals surface area contributed by atoms with Gasteiger partial charge in [-0.3, -0.25) is 9.89 Å². The number of nitrogens with zero attached hydrogens (tertiary/aromatic N) is 2. The smallest absolute Gasteiger partial charge is 0.242 e. The van der Waals surface area contributed by atoms with Crippen LogP contribution in [0, 0.1) is 19.7 Å². The molecule has 0 saturated carbocycles. The SMILES string of the molecule is Cc1cc(C)cc(NC(=O)C(Sc2n[nH]c(-c3ccccc3F)n2)c2ccccc2)c1. The van der Waals surface area contributed by atoms with Gasteiger partial charge in [0.1, 0.15) is 11.1 Å². The monoisotopic (exact) mass is 432 g/mol. The molecule has 0 saturated heterocycles. The molecule has 0 bridgehead atoms. The van der Waals surface area contributed by atoms with E-state index in [0.29, 0.717) is 16.5 Å². The van der Waals surface area contributed by atoms with Gasteiger partial charge in [-0.2, -0.15) is 0 Å². The van der Waals surface area contributed by atoms with Gasteiger partial charge in [-0.25, -0.2) is 9.37 Å². The molecule has 0 aliphatic rings. The Hall–Kier alpha value is -3.45. The number of halogens is 1. The fraction of sp³-hybridized carbons (Fsp3) is 0.125. The van der Waals surface area contributed by atoms with Gasteiger partial charge >= 0.3 is 0 Å². The lowest BCUT2D eigenvalue weighted by atomic mass is 10.1. The van der Waals surface area contributed by atoms with Gasteiger partial charge in [0, 0.05) is 5.69 Å². The van der Waals surface area contributed by atoms with Crippen LogP contribution in [0.4, 0.5) is 10.1 Å². The summed E-state index contributed by atoms with van der Waals surface area (Å²) in [6, 6.07) is 21.7. The Balaban J connectivity index is 1.60. The predicted molar refractivity (Wildman–Crippen MR) is 121 cm³/mol. The second-order valence-corrected chi connectivity index (χ2v) is 8.29. The second-order valence-electron chi connectivity index (χ2n) is 7.22. The molecule has 0 spiro atoms. The van der Waals surface area contributed by atoms with Gasteiger partial charge < -0.3 is 5.32 Å². The topological polar surface area (TPSA) is 70.7 Å². The maximum absolute atomic E-state index is 14.1. The van der Waals surface area contributed by atoms with Crippen molar-refractivity contribution in [3.8, 4) is 11.4 Å². The summed E-state index contributed by atoms with van der Waals surface area (Å²) in [4.78, 5) is 17.6. The number of nitrogens with one attached hydrogen (secondary N) is 2. The van der Waals surface area contributed by atoms with Crippen LogP contribution in [-0.2, 0) is 4.79 Å². The molecule has 0 aliphatic carbocycles. The van der Waals surface area contributed by atoms with E-state index in [-0.39, 0.29) is 11.7 Å². The van der Waals surface area contributed by atoms with Crippen LogP contribution >= 0.6 is 11.8 Å². The normalized spacial score (nSPS) is 11.8. The minimum atomic E-state index is -0.578. The van der Waals surface area contributed by atoms with E-state index < -0.39 is 5.25 Å². The highest BCUT2D eigenvalue weighted by Gasteiger charge is 2.24. The number of hydrogen-bond acceptors (Lipinski definition) is 4. The average Bonchev–Trinajstić information content (AvgIpc) is 3.20. The van der Waals surface area contributed by atoms with E-state index in [4.69, 9.17) is 0 Å². The zero-order chi connectivity index (χ0) is 21.8. The fourth-order valence-electron chi connectivity index (χ4n) is 3.33. The average molecular weight is 433 g/mol. The summed E-state index contributed by atoms with van der Waals surface area (Å²) in [7, 11) is 0. The first-order valence-corrected chi connectivity index (χ1v) is 10.7. The minimum Gasteiger partial charge on any atom is -0.325 e. The van der Waals surface area contributed by atoms with Crippen LogP contribution in [0.3, 0.4) is 0 Å². The molecule has 1 aromatic heterocycles. The maximum atomic E-state index is 14.1. The summed E-state index contributed by atoms with van der Waals surface area (Å²) in [5.74, 6) is -0.247. The number of carbonyl (C=O) groups is 1. The Morgan fingerprint density at radius 3 is 2.39 bits per heavy atom. The van der Waals surface area contributed by atoms with Crippen LogP contribution < -0.4 is 5.32 Å². The quantitative estimate of drug-likeness (QED) is 0.384. The van der Waals surface area contributed by atoms with Crippen LogP contribution in [0.2, 0.25) is 0 Å². The highest BCUT2D eigenvalue weighted by molar-refractivity contribution is 8.00. The van der Waals surface area contributed by atoms with Gasteiger partial charge in [-0.1, -0.05) is 60.3 Å². The Morgan fingerprint density at radius 2 is 1.68 bits per heavy atom. The van der Waals surface area contributed by atoms with Gasteiger partial charge in [0.05, 0.1) is 5.56 Å². The molecule has 0 fully saturated rings. The van der Waals surface area contributed by atoms with Crippen molar-refractivity contribution in [3.05, 3.63) is 95.3 Å². The molecule has 4 aromatic rings. The molecule has 0 aliphatic heterocycles. The zero-order valence-corrected chi connectivity index (χ0v) is 17.9. The van der Waals surface area contributed by atoms with Crippen molar-refractivity contribution in [1.82, 2.24) is 15.2 Å². The standard InChI is InChI=1S/C24H21FN4OS/c1-15-12-16(2)14-18(13-15)26-23(30)21(17-8-4-3-5-9-17)31-24-27-22(28-29-24)19-10-6-7-11-20(19)25/h3-14,21H,1-2H3,(H,26,30)(H,27,28,29). The first-order chi connectivity index (χ1) is 15.0. The van der Waals surface area contributed by atoms with Gasteiger partial charge in [-0.15, -0.1) is 5.10 Å². The largest absolute Gasteiger partial charge is 0.325 e. The van der Waals surface area contributed by atoms with Gasteiger partial charge in [-0.05, 0) is 54.8 Å². The zero-order valence-electron chi connectivity index (χ0n) is 17.1. The van der Waals surface area contributed by atoms with Crippen LogP contribution in [0.1, 0.15) is 21.9 Å². The third kappa shape index (κ3) is 5.00. The predicted octanol–water partition coefficient (Wildman–Crippen LogP) is 5.70. The first-order valence-electron chi connectivity index (χ1n) is 9.77. The third-order valence-electron chi connectivity index (χ3n) is 4.65. The lowest BCUT2D eigenvalue weighted by Gasteiger charge is -2.16. The van der Waals surface area contributed by atoms with E-state index in [9.17, 15) is 9.18 Å². The number of rotatable bonds is 6. The molecule has 2 N–H and O–H groups in total. The number of anilines is 1. The van der Waals surface area contributed by atoms with E-state index in [1.807, 2.05) is 56.3 Å². The number of carbonyl (C=O) groups excluding carboxylic acids is 1. The Morgan fingerprint density at radius 1 is 1.00 bits per heavy atom. The van der Waals surface area contributed by atoms with Crippen molar-refractivity contribution < 1.29 is 9.18 Å². The molecule has 1 amide bonds. The molecular formula is C24H21FN4OS. The van der Waals surface area contributed by atoms with E-state index in [2.05, 4.69) is 26.6 Å². The molecule has 4 rings (SSSR count). The maximum Gasteiger partial charge on any atom is 0.242 e. The van der Waals surface area contributed by atoms with Crippen molar-refractivity contribution in [3.63, 3.8) is 0 Å². The number of hydrogen-bond donors (Lipinski definition) is 2. The fourth-order valence-corrected chi connectivity index (χ4v) is 4.25. The van der Waals surface area contributed by atoms with Gasteiger partial charge in [0.15, 0.2) is 5.82 Å². The van der Waals surface area contributed by atoms with Crippen molar-refractivity contribution in [1.29, 1.82) is 0 Å². The second kappa shape index (κ2) is 9.14. The number of aryl methyl sites for hydroxylation is 2. The Labute approximate surface area is 184 Å². The molecule has 5 nitrogen and oxygen atoms in total. The first kappa shape index (κ1) is 20.8. The molecule has 31 heavy (non-hydrogen) atoms. The number of thioether (sulfide) groups is 1. The molecule has 1 unspecified atom stereocenters. The summed E-state index contributed by atoms with van der Waals surface area (Å²) in [5, 5.41) is 9.76. The lowest BCUT2D eigenvalue weighted by molar-refractivity contribution is -0.115. The summed E-state index contributed by atoms with van der Waals surface area (Å²) >= 11 is 1.21. The van der Waals surface area contributed by atoms with Crippen LogP contribution in [-0.4, -0.2) is 21.1 Å². The summed E-state index contributed by atoms with van der Waals surface area (Å²) in [6.07, 6.45) is 0. The number of benzene rings is 3. The van der Waals surface area contributed by atoms with Crippen molar-refractivity contribution in [2.75, 3.05) is 5.32 Å². The number of amides is 1. The molecular weight excluding hydrogens is 411 g/mol. The summed E-state index contributed by atoms with van der Waals surface area (Å²) < 4.78 is 14.1.